The summed E-state index contributed by atoms with van der Waals surface area (Å²) in [5.74, 6) is 1.15. The maximum absolute atomic E-state index is 12.3. The zero-order valence-corrected chi connectivity index (χ0v) is 21.3. The van der Waals surface area contributed by atoms with Crippen LogP contribution in [0.5, 0.6) is 17.2 Å². The van der Waals surface area contributed by atoms with Crippen molar-refractivity contribution in [2.24, 2.45) is 0 Å². The van der Waals surface area contributed by atoms with Crippen molar-refractivity contribution in [3.63, 3.8) is 0 Å². The summed E-state index contributed by atoms with van der Waals surface area (Å²) in [5, 5.41) is 8.71. The molecule has 3 aromatic carbocycles. The van der Waals surface area contributed by atoms with Gasteiger partial charge in [0.2, 0.25) is 0 Å². The molecule has 0 radical (unpaired) electrons. The second-order valence-corrected chi connectivity index (χ2v) is 8.14. The summed E-state index contributed by atoms with van der Waals surface area (Å²) in [6.07, 6.45) is -0.0758. The number of hydrogen-bond donors (Lipinski definition) is 1. The van der Waals surface area contributed by atoms with Gasteiger partial charge in [-0.3, -0.25) is 9.59 Å². The quantitative estimate of drug-likeness (QED) is 0.259. The molecule has 0 unspecified atom stereocenters. The molecule has 3 rings (SSSR count). The Morgan fingerprint density at radius 2 is 1.35 bits per heavy atom. The second kappa shape index (κ2) is 13.4. The molecule has 0 heterocycles. The van der Waals surface area contributed by atoms with E-state index in [1.807, 2.05) is 66.7 Å². The summed E-state index contributed by atoms with van der Waals surface area (Å²) in [4.78, 5) is 23.8. The molecule has 0 fully saturated rings. The number of rotatable bonds is 14. The highest BCUT2D eigenvalue weighted by atomic mass is 16.5. The van der Waals surface area contributed by atoms with Gasteiger partial charge >= 0.3 is 5.97 Å². The molecule has 0 spiro atoms. The van der Waals surface area contributed by atoms with E-state index in [0.717, 1.165) is 28.2 Å². The number of hydrogen-bond acceptors (Lipinski definition) is 8. The molecular formula is C29H32O8. The second-order valence-electron chi connectivity index (χ2n) is 8.14. The van der Waals surface area contributed by atoms with Crippen LogP contribution in [0.4, 0.5) is 0 Å². The minimum atomic E-state index is -0.988. The lowest BCUT2D eigenvalue weighted by Crippen LogP contribution is -2.31. The molecule has 8 nitrogen and oxygen atoms in total. The maximum atomic E-state index is 12.3. The van der Waals surface area contributed by atoms with Crippen LogP contribution in [-0.2, 0) is 24.7 Å². The van der Waals surface area contributed by atoms with Gasteiger partial charge in [-0.1, -0.05) is 36.4 Å². The number of ether oxygens (including phenoxy) is 5. The predicted octanol–water partition coefficient (Wildman–Crippen LogP) is 3.91. The van der Waals surface area contributed by atoms with E-state index in [4.69, 9.17) is 28.8 Å². The molecule has 196 valence electrons. The molecule has 0 amide bonds. The number of aliphatic hydroxyl groups is 1. The molecule has 0 aliphatic carbocycles. The molecule has 0 aromatic heterocycles. The third-order valence-corrected chi connectivity index (χ3v) is 5.90. The molecule has 0 bridgehead atoms. The van der Waals surface area contributed by atoms with Crippen molar-refractivity contribution in [2.45, 2.75) is 18.4 Å². The van der Waals surface area contributed by atoms with Gasteiger partial charge in [0.25, 0.3) is 0 Å². The molecule has 37 heavy (non-hydrogen) atoms. The molecule has 0 saturated carbocycles. The van der Waals surface area contributed by atoms with Crippen molar-refractivity contribution >= 4 is 11.8 Å². The van der Waals surface area contributed by atoms with Crippen molar-refractivity contribution in [1.29, 1.82) is 0 Å². The highest BCUT2D eigenvalue weighted by Crippen LogP contribution is 2.42. The average Bonchev–Trinajstić information content (AvgIpc) is 2.95. The van der Waals surface area contributed by atoms with Crippen LogP contribution in [0.1, 0.15) is 29.5 Å². The number of aliphatic hydroxyl groups excluding tert-OH is 1. The van der Waals surface area contributed by atoms with E-state index in [2.05, 4.69) is 0 Å². The van der Waals surface area contributed by atoms with Gasteiger partial charge in [0.1, 0.15) is 36.1 Å². The Kier molecular flexibility index (Phi) is 10.1. The van der Waals surface area contributed by atoms with Crippen LogP contribution in [0.25, 0.3) is 0 Å². The smallest absolute Gasteiger partial charge is 0.306 e. The summed E-state index contributed by atoms with van der Waals surface area (Å²) in [6.45, 7) is -0.531. The van der Waals surface area contributed by atoms with Crippen LogP contribution < -0.4 is 14.2 Å². The minimum absolute atomic E-state index is 0.0103. The third-order valence-electron chi connectivity index (χ3n) is 5.90. The number of methoxy groups -OCH3 is 3. The van der Waals surface area contributed by atoms with Crippen LogP contribution in [0.3, 0.4) is 0 Å². The fourth-order valence-corrected chi connectivity index (χ4v) is 4.02. The number of carbonyl (C=O) groups excluding carboxylic acids is 2. The van der Waals surface area contributed by atoms with Gasteiger partial charge in [-0.25, -0.2) is 0 Å². The van der Waals surface area contributed by atoms with Crippen molar-refractivity contribution in [1.82, 2.24) is 0 Å². The minimum Gasteiger partial charge on any atom is -0.497 e. The first-order chi connectivity index (χ1) is 18.0. The van der Waals surface area contributed by atoms with Crippen molar-refractivity contribution in [2.75, 3.05) is 41.2 Å². The predicted molar refractivity (Wildman–Crippen MR) is 137 cm³/mol. The van der Waals surface area contributed by atoms with Crippen molar-refractivity contribution < 1.29 is 38.4 Å². The summed E-state index contributed by atoms with van der Waals surface area (Å²) in [5.41, 5.74) is 1.55. The number of esters is 1. The molecule has 0 saturated heterocycles. The van der Waals surface area contributed by atoms with Gasteiger partial charge < -0.3 is 28.8 Å². The molecule has 0 aliphatic rings. The lowest BCUT2D eigenvalue weighted by Gasteiger charge is -2.34. The Morgan fingerprint density at radius 3 is 1.86 bits per heavy atom. The van der Waals surface area contributed by atoms with E-state index < -0.39 is 11.6 Å². The van der Waals surface area contributed by atoms with E-state index in [1.165, 1.54) is 0 Å². The molecule has 0 atom stereocenters. The monoisotopic (exact) mass is 508 g/mol. The Balaban J connectivity index is 1.88. The topological polar surface area (TPSA) is 101 Å². The lowest BCUT2D eigenvalue weighted by molar-refractivity contribution is -0.145. The largest absolute Gasteiger partial charge is 0.497 e. The van der Waals surface area contributed by atoms with Crippen molar-refractivity contribution in [3.05, 3.63) is 89.5 Å². The first-order valence-electron chi connectivity index (χ1n) is 11.8. The summed E-state index contributed by atoms with van der Waals surface area (Å²) >= 11 is 0. The Hall–Kier alpha value is -3.88. The summed E-state index contributed by atoms with van der Waals surface area (Å²) in [7, 11) is 4.87. The highest BCUT2D eigenvalue weighted by molar-refractivity contribution is 5.84. The first kappa shape index (κ1) is 27.7. The fraction of sp³-hybridized carbons (Fsp3) is 0.310. The highest BCUT2D eigenvalue weighted by Gasteiger charge is 2.37. The third kappa shape index (κ3) is 6.87. The van der Waals surface area contributed by atoms with E-state index in [9.17, 15) is 9.59 Å². The molecule has 1 N–H and O–H groups in total. The van der Waals surface area contributed by atoms with Gasteiger partial charge in [0.05, 0.1) is 27.2 Å². The van der Waals surface area contributed by atoms with E-state index >= 15 is 0 Å². The zero-order chi connectivity index (χ0) is 26.7. The van der Waals surface area contributed by atoms with Crippen molar-refractivity contribution in [3.8, 4) is 17.2 Å². The number of benzene rings is 3. The van der Waals surface area contributed by atoms with E-state index in [1.54, 1.807) is 27.4 Å². The molecule has 8 heteroatoms. The summed E-state index contributed by atoms with van der Waals surface area (Å²) in [6, 6.07) is 22.6. The normalized spacial score (nSPS) is 11.0. The van der Waals surface area contributed by atoms with Gasteiger partial charge in [0.15, 0.2) is 5.78 Å². The molecule has 0 aliphatic heterocycles. The first-order valence-corrected chi connectivity index (χ1v) is 11.8. The van der Waals surface area contributed by atoms with Crippen LogP contribution >= 0.6 is 0 Å². The number of Topliss-reactive ketones (excluding diaryl/α,β-unsaturated/α-hetero) is 1. The Morgan fingerprint density at radius 1 is 0.757 bits per heavy atom. The lowest BCUT2D eigenvalue weighted by atomic mass is 9.80. The molecule has 3 aromatic rings. The standard InChI is InChI=1S/C29H32O8/c1-33-25-12-7-21(8-13-25)29(35-3,22-9-14-26(34-2)15-10-22)23-5-4-6-27(19-23)37-20-24(31)11-16-28(32)36-18-17-30/h4-10,12-15,19,30H,11,16-18,20H2,1-3H3. The zero-order valence-electron chi connectivity index (χ0n) is 21.3. The Bertz CT molecular complexity index is 1110. The van der Waals surface area contributed by atoms with E-state index in [-0.39, 0.29) is 38.4 Å². The van der Waals surface area contributed by atoms with Gasteiger partial charge in [-0.2, -0.15) is 0 Å². The van der Waals surface area contributed by atoms with Gasteiger partial charge in [0, 0.05) is 13.5 Å². The van der Waals surface area contributed by atoms with Gasteiger partial charge in [-0.15, -0.1) is 0 Å². The van der Waals surface area contributed by atoms with Crippen LogP contribution in [0, 0.1) is 0 Å². The average molecular weight is 509 g/mol. The number of carbonyl (C=O) groups is 2. The fourth-order valence-electron chi connectivity index (χ4n) is 4.02. The van der Waals surface area contributed by atoms with E-state index in [0.29, 0.717) is 5.75 Å². The molecular weight excluding hydrogens is 476 g/mol. The summed E-state index contributed by atoms with van der Waals surface area (Å²) < 4.78 is 27.5. The SMILES string of the molecule is COc1ccc(C(OC)(c2ccc(OC)cc2)c2cccc(OCC(=O)CCC(=O)OCCO)c2)cc1. The van der Waals surface area contributed by atoms with Crippen LogP contribution in [-0.4, -0.2) is 58.0 Å². The van der Waals surface area contributed by atoms with Crippen LogP contribution in [0.15, 0.2) is 72.8 Å². The van der Waals surface area contributed by atoms with Crippen LogP contribution in [0.2, 0.25) is 0 Å². The van der Waals surface area contributed by atoms with Gasteiger partial charge in [-0.05, 0) is 53.1 Å². The number of ketones is 1. The maximum Gasteiger partial charge on any atom is 0.306 e. The Labute approximate surface area is 216 Å².